The number of carbonyl (C=O) groups is 2. The van der Waals surface area contributed by atoms with E-state index in [0.29, 0.717) is 36.7 Å². The summed E-state index contributed by atoms with van der Waals surface area (Å²) in [5.41, 5.74) is 0. The van der Waals surface area contributed by atoms with E-state index in [2.05, 4.69) is 73.8 Å². The van der Waals surface area contributed by atoms with Gasteiger partial charge in [-0.05, 0) is 83.5 Å². The van der Waals surface area contributed by atoms with Gasteiger partial charge in [-0.25, -0.2) is 4.57 Å². The molecule has 0 radical (unpaired) electrons. The van der Waals surface area contributed by atoms with Gasteiger partial charge < -0.3 is 24.0 Å². The zero-order valence-corrected chi connectivity index (χ0v) is 36.8. The molecule has 11 heteroatoms. The summed E-state index contributed by atoms with van der Waals surface area (Å²) in [7, 11) is 1.38. The predicted octanol–water partition coefficient (Wildman–Crippen LogP) is 10.8. The fraction of sp³-hybridized carbons (Fsp3) is 0.609. The molecule has 0 rings (SSSR count). The third kappa shape index (κ3) is 40.9. The van der Waals surface area contributed by atoms with Crippen LogP contribution in [0.2, 0.25) is 0 Å². The Morgan fingerprint density at radius 1 is 0.632 bits per heavy atom. The maximum absolute atomic E-state index is 12.7. The van der Waals surface area contributed by atoms with Gasteiger partial charge in [0.25, 0.3) is 0 Å². The first-order valence-electron chi connectivity index (χ1n) is 21.1. The molecule has 0 aliphatic heterocycles. The van der Waals surface area contributed by atoms with Crippen LogP contribution in [0.5, 0.6) is 0 Å². The van der Waals surface area contributed by atoms with E-state index in [1.165, 1.54) is 19.3 Å². The van der Waals surface area contributed by atoms with E-state index >= 15 is 0 Å². The van der Waals surface area contributed by atoms with Crippen molar-refractivity contribution in [3.8, 4) is 0 Å². The molecule has 1 unspecified atom stereocenters. The first-order valence-corrected chi connectivity index (χ1v) is 22.6. The standard InChI is InChI=1S/C46H76NO9P/c1-6-8-9-10-11-12-13-14-15-20-23-26-29-32-35-38-46(50)56-44(42-55-57(51,52)54-40-39-47(3,4)5)41-53-45(49)37-34-31-28-25-22-19-17-16-18-21-24-27-30-33-36-43(48)7-2/h11-12,14-15,17-19,21,23,25-28,30,33,36,43-44,48H,6-10,13,16,20,22,24,29,31-32,34-35,37-42H2,1-5H3/p+1/b12-11-,15-14-,19-17-,21-18-,26-23-,28-25-,30-27-,36-33+/t43-,44+/m0/s1. The van der Waals surface area contributed by atoms with Crippen molar-refractivity contribution in [1.82, 2.24) is 0 Å². The third-order valence-corrected chi connectivity index (χ3v) is 9.24. The second-order valence-electron chi connectivity index (χ2n) is 14.8. The van der Waals surface area contributed by atoms with Crippen LogP contribution in [0.15, 0.2) is 97.2 Å². The minimum absolute atomic E-state index is 0.00374. The van der Waals surface area contributed by atoms with Crippen molar-refractivity contribution >= 4 is 19.8 Å². The second-order valence-corrected chi connectivity index (χ2v) is 16.3. The van der Waals surface area contributed by atoms with Gasteiger partial charge in [0.2, 0.25) is 0 Å². The number of carbonyl (C=O) groups excluding carboxylic acids is 2. The van der Waals surface area contributed by atoms with Crippen LogP contribution in [-0.4, -0.2) is 86.1 Å². The SMILES string of the molecule is CCCCC/C=C\C/C=C\C/C=C\CCCCC(=O)O[C@H](COC(=O)CCC/C=C\C/C=C\C/C=C\C/C=C\C=C\[C@@H](O)CC)COP(=O)(O)OCC[N+](C)(C)C. The molecule has 3 atom stereocenters. The predicted molar refractivity (Wildman–Crippen MR) is 234 cm³/mol. The summed E-state index contributed by atoms with van der Waals surface area (Å²) >= 11 is 0. The molecule has 10 nitrogen and oxygen atoms in total. The Hall–Kier alpha value is -3.11. The van der Waals surface area contributed by atoms with Crippen molar-refractivity contribution in [1.29, 1.82) is 0 Å². The Morgan fingerprint density at radius 2 is 1.14 bits per heavy atom. The van der Waals surface area contributed by atoms with Gasteiger partial charge in [-0.1, -0.05) is 124 Å². The number of aliphatic hydroxyl groups excluding tert-OH is 1. The van der Waals surface area contributed by atoms with Gasteiger partial charge in [0.1, 0.15) is 19.8 Å². The molecule has 0 saturated heterocycles. The van der Waals surface area contributed by atoms with Crippen LogP contribution in [0.1, 0.15) is 123 Å². The zero-order valence-electron chi connectivity index (χ0n) is 35.9. The lowest BCUT2D eigenvalue weighted by Crippen LogP contribution is -2.37. The van der Waals surface area contributed by atoms with Crippen LogP contribution in [0.25, 0.3) is 0 Å². The highest BCUT2D eigenvalue weighted by molar-refractivity contribution is 7.47. The number of unbranched alkanes of at least 4 members (excludes halogenated alkanes) is 6. The molecule has 324 valence electrons. The molecule has 57 heavy (non-hydrogen) atoms. The molecule has 0 bridgehead atoms. The highest BCUT2D eigenvalue weighted by atomic mass is 31.2. The fourth-order valence-corrected chi connectivity index (χ4v) is 5.51. The van der Waals surface area contributed by atoms with Gasteiger partial charge >= 0.3 is 19.8 Å². The van der Waals surface area contributed by atoms with Crippen LogP contribution in [0, 0.1) is 0 Å². The van der Waals surface area contributed by atoms with Crippen molar-refractivity contribution in [3.63, 3.8) is 0 Å². The van der Waals surface area contributed by atoms with E-state index in [0.717, 1.165) is 51.4 Å². The summed E-state index contributed by atoms with van der Waals surface area (Å²) in [6, 6.07) is 0. The Labute approximate surface area is 346 Å². The van der Waals surface area contributed by atoms with E-state index in [9.17, 15) is 24.2 Å². The number of phosphoric ester groups is 1. The van der Waals surface area contributed by atoms with Crippen molar-refractivity contribution in [3.05, 3.63) is 97.2 Å². The first-order chi connectivity index (χ1) is 27.4. The zero-order chi connectivity index (χ0) is 42.3. The number of nitrogens with zero attached hydrogens (tertiary/aromatic N) is 1. The minimum atomic E-state index is -4.41. The summed E-state index contributed by atoms with van der Waals surface area (Å²) in [5, 5.41) is 9.48. The molecule has 0 aromatic carbocycles. The molecule has 0 aromatic heterocycles. The van der Waals surface area contributed by atoms with E-state index < -0.39 is 32.5 Å². The Bertz CT molecular complexity index is 1310. The van der Waals surface area contributed by atoms with Crippen LogP contribution in [0.3, 0.4) is 0 Å². The van der Waals surface area contributed by atoms with Crippen LogP contribution in [0.4, 0.5) is 0 Å². The van der Waals surface area contributed by atoms with E-state index in [1.807, 2.05) is 52.4 Å². The third-order valence-electron chi connectivity index (χ3n) is 8.26. The van der Waals surface area contributed by atoms with E-state index in [1.54, 1.807) is 6.08 Å². The molecule has 0 fully saturated rings. The average Bonchev–Trinajstić information content (AvgIpc) is 3.16. The van der Waals surface area contributed by atoms with Gasteiger partial charge in [0, 0.05) is 12.8 Å². The highest BCUT2D eigenvalue weighted by Gasteiger charge is 2.27. The molecule has 0 saturated carbocycles. The minimum Gasteiger partial charge on any atom is -0.462 e. The largest absolute Gasteiger partial charge is 0.472 e. The number of rotatable bonds is 36. The van der Waals surface area contributed by atoms with Crippen molar-refractivity contribution in [2.75, 3.05) is 47.5 Å². The van der Waals surface area contributed by atoms with Crippen LogP contribution < -0.4 is 0 Å². The number of aliphatic hydroxyl groups is 1. The summed E-state index contributed by atoms with van der Waals surface area (Å²) in [4.78, 5) is 35.3. The van der Waals surface area contributed by atoms with Gasteiger partial charge in [0.05, 0.1) is 33.9 Å². The number of allylic oxidation sites excluding steroid dienone is 15. The van der Waals surface area contributed by atoms with Gasteiger partial charge in [-0.2, -0.15) is 0 Å². The van der Waals surface area contributed by atoms with Gasteiger partial charge in [-0.15, -0.1) is 0 Å². The summed E-state index contributed by atoms with van der Waals surface area (Å²) in [6.07, 6.45) is 45.6. The average molecular weight is 819 g/mol. The molecule has 2 N–H and O–H groups in total. The molecule has 0 aromatic rings. The van der Waals surface area contributed by atoms with Crippen LogP contribution >= 0.6 is 7.82 Å². The summed E-state index contributed by atoms with van der Waals surface area (Å²) < 4.78 is 34.1. The molecule has 0 aliphatic carbocycles. The molecule has 0 spiro atoms. The second kappa shape index (κ2) is 37.2. The number of hydrogen-bond acceptors (Lipinski definition) is 8. The normalized spacial score (nSPS) is 15.1. The van der Waals surface area contributed by atoms with Crippen molar-refractivity contribution in [2.24, 2.45) is 0 Å². The number of hydrogen-bond donors (Lipinski definition) is 2. The lowest BCUT2D eigenvalue weighted by molar-refractivity contribution is -0.870. The quantitative estimate of drug-likeness (QED) is 0.0159. The smallest absolute Gasteiger partial charge is 0.462 e. The first kappa shape index (κ1) is 53.9. The molecular formula is C46H77NO9P+. The molecule has 0 aliphatic rings. The molecular weight excluding hydrogens is 741 g/mol. The number of likely N-dealkylation sites (N-methyl/N-ethyl adjacent to an activating group) is 1. The monoisotopic (exact) mass is 819 g/mol. The van der Waals surface area contributed by atoms with Crippen molar-refractivity contribution in [2.45, 2.75) is 135 Å². The summed E-state index contributed by atoms with van der Waals surface area (Å²) in [5.74, 6) is -0.944. The Morgan fingerprint density at radius 3 is 1.68 bits per heavy atom. The number of quaternary nitrogens is 1. The number of esters is 2. The lowest BCUT2D eigenvalue weighted by Gasteiger charge is -2.24. The number of ether oxygens (including phenoxy) is 2. The van der Waals surface area contributed by atoms with Gasteiger partial charge in [-0.3, -0.25) is 18.6 Å². The van der Waals surface area contributed by atoms with Crippen LogP contribution in [-0.2, 0) is 32.7 Å². The Balaban J connectivity index is 4.59. The fourth-order valence-electron chi connectivity index (χ4n) is 4.77. The number of phosphoric acid groups is 1. The maximum atomic E-state index is 12.7. The van der Waals surface area contributed by atoms with E-state index in [4.69, 9.17) is 18.5 Å². The lowest BCUT2D eigenvalue weighted by atomic mass is 10.1. The molecule has 0 heterocycles. The van der Waals surface area contributed by atoms with E-state index in [-0.39, 0.29) is 32.2 Å². The Kier molecular flexibility index (Phi) is 35.2. The van der Waals surface area contributed by atoms with Gasteiger partial charge in [0.15, 0.2) is 6.10 Å². The maximum Gasteiger partial charge on any atom is 0.472 e. The highest BCUT2D eigenvalue weighted by Crippen LogP contribution is 2.43. The molecule has 0 amide bonds. The topological polar surface area (TPSA) is 129 Å². The summed E-state index contributed by atoms with van der Waals surface area (Å²) in [6.45, 7) is 3.90. The van der Waals surface area contributed by atoms with Crippen molar-refractivity contribution < 1.29 is 47.2 Å².